The van der Waals surface area contributed by atoms with Crippen molar-refractivity contribution in [3.8, 4) is 22.4 Å². The van der Waals surface area contributed by atoms with E-state index in [9.17, 15) is 8.42 Å². The molecule has 2 N–H and O–H groups in total. The minimum Gasteiger partial charge on any atom is -0.276 e. The molecule has 0 aliphatic carbocycles. The number of para-hydroxylation sites is 1. The first-order chi connectivity index (χ1) is 18.4. The minimum absolute atomic E-state index is 0.240. The Morgan fingerprint density at radius 1 is 1.13 bits per heavy atom. The number of allylic oxidation sites excluding steroid dienone is 1. The van der Waals surface area contributed by atoms with Gasteiger partial charge in [0.25, 0.3) is 0 Å². The summed E-state index contributed by atoms with van der Waals surface area (Å²) in [7, 11) is -3.26. The van der Waals surface area contributed by atoms with Crippen molar-refractivity contribution in [3.05, 3.63) is 89.1 Å². The minimum atomic E-state index is -3.26. The zero-order valence-corrected chi connectivity index (χ0v) is 22.7. The van der Waals surface area contributed by atoms with Gasteiger partial charge in [-0.05, 0) is 54.1 Å². The second-order valence-corrected chi connectivity index (χ2v) is 11.6. The normalized spacial score (nSPS) is 13.1. The van der Waals surface area contributed by atoms with Crippen molar-refractivity contribution in [1.82, 2.24) is 14.9 Å². The molecule has 4 aromatic rings. The monoisotopic (exact) mass is 541 g/mol. The fourth-order valence-corrected chi connectivity index (χ4v) is 5.49. The van der Waals surface area contributed by atoms with Crippen molar-refractivity contribution in [2.24, 2.45) is 9.39 Å². The molecule has 1 aliphatic rings. The summed E-state index contributed by atoms with van der Waals surface area (Å²) in [5.74, 6) is 0. The van der Waals surface area contributed by atoms with E-state index in [1.165, 1.54) is 17.5 Å². The first-order valence-corrected chi connectivity index (χ1v) is 14.8. The highest BCUT2D eigenvalue weighted by molar-refractivity contribution is 7.98. The molecule has 2 heterocycles. The van der Waals surface area contributed by atoms with Crippen LogP contribution in [0.15, 0.2) is 81.0 Å². The highest BCUT2D eigenvalue weighted by Gasteiger charge is 2.22. The fraction of sp³-hybridized carbons (Fsp3) is 0.138. The summed E-state index contributed by atoms with van der Waals surface area (Å²) in [4.78, 5) is 5.22. The maximum Gasteiger partial charge on any atom is 0.209 e. The van der Waals surface area contributed by atoms with Crippen molar-refractivity contribution < 1.29 is 8.42 Å². The summed E-state index contributed by atoms with van der Waals surface area (Å²) in [6.45, 7) is 6.10. The molecular formula is C29H27N5O2S2. The Balaban J connectivity index is 1.56. The number of rotatable bonds is 8. The van der Waals surface area contributed by atoms with Gasteiger partial charge in [0.05, 0.1) is 23.9 Å². The molecular weight excluding hydrogens is 514 g/mol. The van der Waals surface area contributed by atoms with Crippen LogP contribution in [0.4, 0.5) is 5.69 Å². The standard InChI is InChI=1S/C29H27N5O2S2/c1-4-20(15-23-7-5-6-8-25(23)30-2)22-13-14-27-24(16-22)28-26(18-31-37-27)33-34-29(28)21-11-9-19(10-12-21)17-32-38(3,35)36/h5-16,18,32H,2,4,17H2,1,3H3,(H,33,34)/b20-15+. The van der Waals surface area contributed by atoms with Gasteiger partial charge in [0, 0.05) is 45.6 Å². The van der Waals surface area contributed by atoms with Crippen LogP contribution < -0.4 is 4.72 Å². The van der Waals surface area contributed by atoms with Gasteiger partial charge in [0.1, 0.15) is 5.69 Å². The van der Waals surface area contributed by atoms with E-state index < -0.39 is 10.0 Å². The van der Waals surface area contributed by atoms with E-state index >= 15 is 0 Å². The molecule has 38 heavy (non-hydrogen) atoms. The number of hydrogen-bond acceptors (Lipinski definition) is 6. The maximum atomic E-state index is 11.4. The predicted molar refractivity (Wildman–Crippen MR) is 158 cm³/mol. The molecule has 0 bridgehead atoms. The zero-order valence-electron chi connectivity index (χ0n) is 21.1. The first-order valence-electron chi connectivity index (χ1n) is 12.1. The number of fused-ring (bicyclic) bond motifs is 3. The molecule has 0 saturated heterocycles. The van der Waals surface area contributed by atoms with Crippen LogP contribution in [0.1, 0.15) is 35.7 Å². The molecule has 7 nitrogen and oxygen atoms in total. The van der Waals surface area contributed by atoms with Crippen LogP contribution >= 0.6 is 11.9 Å². The Bertz CT molecular complexity index is 1670. The molecule has 5 rings (SSSR count). The number of benzene rings is 3. The average molecular weight is 542 g/mol. The van der Waals surface area contributed by atoms with Gasteiger partial charge in [-0.2, -0.15) is 5.10 Å². The summed E-state index contributed by atoms with van der Waals surface area (Å²) in [6, 6.07) is 22.2. The second kappa shape index (κ2) is 10.9. The van der Waals surface area contributed by atoms with Crippen LogP contribution in [0.5, 0.6) is 0 Å². The number of nitrogens with zero attached hydrogens (tertiary/aromatic N) is 3. The number of aromatic nitrogens is 2. The molecule has 0 spiro atoms. The predicted octanol–water partition coefficient (Wildman–Crippen LogP) is 6.52. The van der Waals surface area contributed by atoms with Gasteiger partial charge in [0.2, 0.25) is 10.0 Å². The summed E-state index contributed by atoms with van der Waals surface area (Å²) in [5, 5.41) is 7.78. The molecule has 0 radical (unpaired) electrons. The van der Waals surface area contributed by atoms with Crippen molar-refractivity contribution >= 4 is 52.2 Å². The molecule has 0 fully saturated rings. The Labute approximate surface area is 227 Å². The summed E-state index contributed by atoms with van der Waals surface area (Å²) in [5.41, 5.74) is 9.69. The molecule has 0 amide bonds. The summed E-state index contributed by atoms with van der Waals surface area (Å²) >= 11 is 1.44. The van der Waals surface area contributed by atoms with E-state index in [-0.39, 0.29) is 6.54 Å². The number of aliphatic imine (C=N–C) groups is 1. The van der Waals surface area contributed by atoms with E-state index in [4.69, 9.17) is 0 Å². The molecule has 0 unspecified atom stereocenters. The second-order valence-electron chi connectivity index (χ2n) is 8.93. The van der Waals surface area contributed by atoms with E-state index in [1.807, 2.05) is 54.7 Å². The molecule has 0 atom stereocenters. The Morgan fingerprint density at radius 2 is 1.92 bits per heavy atom. The van der Waals surface area contributed by atoms with Crippen LogP contribution in [-0.2, 0) is 16.6 Å². The van der Waals surface area contributed by atoms with Gasteiger partial charge in [0.15, 0.2) is 0 Å². The number of nitrogens with one attached hydrogen (secondary N) is 2. The van der Waals surface area contributed by atoms with E-state index in [0.29, 0.717) is 0 Å². The lowest BCUT2D eigenvalue weighted by Crippen LogP contribution is -2.21. The molecule has 3 aromatic carbocycles. The Kier molecular flexibility index (Phi) is 7.42. The largest absolute Gasteiger partial charge is 0.276 e. The average Bonchev–Trinajstić information content (AvgIpc) is 3.25. The maximum absolute atomic E-state index is 11.4. The third kappa shape index (κ3) is 5.55. The number of hydrogen-bond donors (Lipinski definition) is 2. The lowest BCUT2D eigenvalue weighted by atomic mass is 9.93. The van der Waals surface area contributed by atoms with Crippen molar-refractivity contribution in [1.29, 1.82) is 0 Å². The van der Waals surface area contributed by atoms with Crippen LogP contribution in [0, 0.1) is 0 Å². The third-order valence-corrected chi connectivity index (χ3v) is 7.76. The topological polar surface area (TPSA) is 99.6 Å². The SMILES string of the molecule is C=Nc1ccccc1/C=C(\CC)c1ccc2c(c1)-c1c(-c3ccc(CNS(C)(=O)=O)cc3)n[nH]c1C=NS2. The van der Waals surface area contributed by atoms with Gasteiger partial charge in [-0.25, -0.2) is 17.5 Å². The lowest BCUT2D eigenvalue weighted by Gasteiger charge is -2.13. The summed E-state index contributed by atoms with van der Waals surface area (Å²) in [6.07, 6.45) is 5.98. The van der Waals surface area contributed by atoms with Crippen LogP contribution in [-0.4, -0.2) is 37.8 Å². The number of aromatic amines is 1. The zero-order chi connectivity index (χ0) is 26.7. The summed E-state index contributed by atoms with van der Waals surface area (Å²) < 4.78 is 30.0. The molecule has 0 saturated carbocycles. The van der Waals surface area contributed by atoms with Crippen LogP contribution in [0.3, 0.4) is 0 Å². The van der Waals surface area contributed by atoms with Crippen molar-refractivity contribution in [2.75, 3.05) is 6.26 Å². The van der Waals surface area contributed by atoms with Crippen LogP contribution in [0.25, 0.3) is 34.0 Å². The first kappa shape index (κ1) is 25.8. The quantitative estimate of drug-likeness (QED) is 0.151. The fourth-order valence-electron chi connectivity index (χ4n) is 4.40. The smallest absolute Gasteiger partial charge is 0.209 e. The van der Waals surface area contributed by atoms with Gasteiger partial charge in [-0.1, -0.05) is 55.5 Å². The lowest BCUT2D eigenvalue weighted by molar-refractivity contribution is 0.587. The van der Waals surface area contributed by atoms with E-state index in [2.05, 4.69) is 62.2 Å². The Morgan fingerprint density at radius 3 is 2.66 bits per heavy atom. The number of H-pyrrole nitrogens is 1. The van der Waals surface area contributed by atoms with Gasteiger partial charge in [-0.3, -0.25) is 10.1 Å². The van der Waals surface area contributed by atoms with Gasteiger partial charge in [-0.15, -0.1) is 0 Å². The van der Waals surface area contributed by atoms with E-state index in [0.717, 1.165) is 68.0 Å². The molecule has 1 aliphatic heterocycles. The van der Waals surface area contributed by atoms with Gasteiger partial charge < -0.3 is 0 Å². The molecule has 1 aromatic heterocycles. The van der Waals surface area contributed by atoms with E-state index in [1.54, 1.807) is 0 Å². The third-order valence-electron chi connectivity index (χ3n) is 6.33. The number of sulfonamides is 1. The molecule has 192 valence electrons. The highest BCUT2D eigenvalue weighted by Crippen LogP contribution is 2.42. The van der Waals surface area contributed by atoms with Crippen LogP contribution in [0.2, 0.25) is 0 Å². The van der Waals surface area contributed by atoms with Crippen molar-refractivity contribution in [2.45, 2.75) is 24.8 Å². The molecule has 9 heteroatoms. The van der Waals surface area contributed by atoms with Gasteiger partial charge >= 0.3 is 0 Å². The van der Waals surface area contributed by atoms with Crippen molar-refractivity contribution in [3.63, 3.8) is 0 Å². The highest BCUT2D eigenvalue weighted by atomic mass is 32.2. The Hall–Kier alpha value is -3.79.